The van der Waals surface area contributed by atoms with Gasteiger partial charge < -0.3 is 0 Å². The maximum atomic E-state index is 13.5. The molecule has 0 fully saturated rings. The summed E-state index contributed by atoms with van der Waals surface area (Å²) in [5.74, 6) is 0.586. The number of hydrogen-bond acceptors (Lipinski definition) is 3. The quantitative estimate of drug-likeness (QED) is 0.469. The zero-order chi connectivity index (χ0) is 19.8. The lowest BCUT2D eigenvalue weighted by atomic mass is 9.96. The van der Waals surface area contributed by atoms with E-state index in [2.05, 4.69) is 17.1 Å². The van der Waals surface area contributed by atoms with Gasteiger partial charge in [0.2, 0.25) is 0 Å². The number of aliphatic imine (C=N–C) groups is 1. The van der Waals surface area contributed by atoms with Crippen LogP contribution in [0.2, 0.25) is 0 Å². The predicted molar refractivity (Wildman–Crippen MR) is 112 cm³/mol. The van der Waals surface area contributed by atoms with Crippen molar-refractivity contribution in [1.29, 1.82) is 0 Å². The molecule has 29 heavy (non-hydrogen) atoms. The molecule has 0 radical (unpaired) electrons. The first-order chi connectivity index (χ1) is 14.2. The van der Waals surface area contributed by atoms with E-state index in [-0.39, 0.29) is 11.9 Å². The van der Waals surface area contributed by atoms with Crippen molar-refractivity contribution < 1.29 is 4.39 Å². The second kappa shape index (κ2) is 7.09. The highest BCUT2D eigenvalue weighted by Gasteiger charge is 2.29. The summed E-state index contributed by atoms with van der Waals surface area (Å²) in [6.07, 6.45) is 4.28. The second-order valence-electron chi connectivity index (χ2n) is 7.16. The molecule has 0 bridgehead atoms. The number of hydrogen-bond donors (Lipinski definition) is 0. The molecule has 0 amide bonds. The molecule has 2 aromatic heterocycles. The van der Waals surface area contributed by atoms with Crippen LogP contribution >= 0.6 is 0 Å². The van der Waals surface area contributed by atoms with Crippen LogP contribution < -0.4 is 0 Å². The highest BCUT2D eigenvalue weighted by molar-refractivity contribution is 6.04. The standard InChI is InChI=1S/C24H19FN4/c1-16-23(19-5-3-2-4-6-19)24-27-21(17-7-9-20(25)10-8-17)15-22(29(24)28-16)18-11-13-26-14-12-18/h2-14,22H,15H2,1H3/t22-/m1/s1. The van der Waals surface area contributed by atoms with Gasteiger partial charge in [-0.05, 0) is 47.9 Å². The molecule has 0 aliphatic carbocycles. The molecule has 5 rings (SSSR count). The van der Waals surface area contributed by atoms with Gasteiger partial charge in [-0.15, -0.1) is 0 Å². The Morgan fingerprint density at radius 3 is 2.34 bits per heavy atom. The minimum Gasteiger partial charge on any atom is -0.265 e. The van der Waals surface area contributed by atoms with Crippen molar-refractivity contribution in [3.8, 4) is 11.1 Å². The van der Waals surface area contributed by atoms with Crippen LogP contribution in [0.1, 0.15) is 29.3 Å². The van der Waals surface area contributed by atoms with Crippen LogP contribution in [0.4, 0.5) is 10.2 Å². The van der Waals surface area contributed by atoms with Crippen LogP contribution in [0.5, 0.6) is 0 Å². The molecular formula is C24H19FN4. The molecule has 142 valence electrons. The van der Waals surface area contributed by atoms with Gasteiger partial charge in [-0.1, -0.05) is 42.5 Å². The van der Waals surface area contributed by atoms with Crippen LogP contribution in [0.25, 0.3) is 11.1 Å². The van der Waals surface area contributed by atoms with E-state index in [1.165, 1.54) is 12.1 Å². The van der Waals surface area contributed by atoms with Crippen LogP contribution in [-0.4, -0.2) is 20.5 Å². The molecule has 1 aliphatic rings. The fourth-order valence-corrected chi connectivity index (χ4v) is 3.91. The largest absolute Gasteiger partial charge is 0.265 e. The molecule has 0 N–H and O–H groups in total. The van der Waals surface area contributed by atoms with E-state index < -0.39 is 0 Å². The summed E-state index contributed by atoms with van der Waals surface area (Å²) in [5.41, 5.74) is 6.03. The minimum atomic E-state index is -0.248. The first-order valence-electron chi connectivity index (χ1n) is 9.58. The van der Waals surface area contributed by atoms with Gasteiger partial charge in [0.15, 0.2) is 5.82 Å². The molecule has 3 heterocycles. The first kappa shape index (κ1) is 17.5. The summed E-state index contributed by atoms with van der Waals surface area (Å²) in [4.78, 5) is 9.15. The van der Waals surface area contributed by atoms with Crippen molar-refractivity contribution in [1.82, 2.24) is 14.8 Å². The molecule has 0 saturated heterocycles. The van der Waals surface area contributed by atoms with Gasteiger partial charge in [0, 0.05) is 24.4 Å². The van der Waals surface area contributed by atoms with Gasteiger partial charge in [-0.25, -0.2) is 14.1 Å². The van der Waals surface area contributed by atoms with E-state index in [1.54, 1.807) is 24.5 Å². The van der Waals surface area contributed by atoms with Crippen molar-refractivity contribution in [3.05, 3.63) is 102 Å². The lowest BCUT2D eigenvalue weighted by Crippen LogP contribution is -2.21. The monoisotopic (exact) mass is 382 g/mol. The lowest BCUT2D eigenvalue weighted by molar-refractivity contribution is 0.529. The molecule has 4 aromatic rings. The van der Waals surface area contributed by atoms with E-state index in [0.29, 0.717) is 6.42 Å². The zero-order valence-corrected chi connectivity index (χ0v) is 16.0. The summed E-state index contributed by atoms with van der Waals surface area (Å²) in [5, 5.41) is 4.86. The van der Waals surface area contributed by atoms with E-state index in [4.69, 9.17) is 10.1 Å². The van der Waals surface area contributed by atoms with Gasteiger partial charge >= 0.3 is 0 Å². The Labute approximate surface area is 168 Å². The average Bonchev–Trinajstić information content (AvgIpc) is 3.10. The molecular weight excluding hydrogens is 363 g/mol. The van der Waals surface area contributed by atoms with Crippen LogP contribution in [-0.2, 0) is 0 Å². The van der Waals surface area contributed by atoms with Crippen molar-refractivity contribution in [3.63, 3.8) is 0 Å². The Morgan fingerprint density at radius 1 is 0.897 bits per heavy atom. The van der Waals surface area contributed by atoms with E-state index in [0.717, 1.165) is 39.5 Å². The molecule has 0 unspecified atom stereocenters. The maximum Gasteiger partial charge on any atom is 0.159 e. The SMILES string of the molecule is Cc1nn2c(c1-c1ccccc1)N=C(c1ccc(F)cc1)C[C@@H]2c1ccncc1. The number of nitrogens with zero attached hydrogens (tertiary/aromatic N) is 4. The number of halogens is 1. The topological polar surface area (TPSA) is 43.1 Å². The summed E-state index contributed by atoms with van der Waals surface area (Å²) in [6.45, 7) is 2.02. The number of benzene rings is 2. The number of rotatable bonds is 3. The molecule has 0 saturated carbocycles. The number of fused-ring (bicyclic) bond motifs is 1. The van der Waals surface area contributed by atoms with E-state index >= 15 is 0 Å². The molecule has 4 nitrogen and oxygen atoms in total. The molecule has 0 spiro atoms. The van der Waals surface area contributed by atoms with Gasteiger partial charge in [0.05, 0.1) is 17.4 Å². The van der Waals surface area contributed by atoms with Crippen LogP contribution in [0.3, 0.4) is 0 Å². The number of aromatic nitrogens is 3. The summed E-state index contributed by atoms with van der Waals surface area (Å²) >= 11 is 0. The fourth-order valence-electron chi connectivity index (χ4n) is 3.91. The van der Waals surface area contributed by atoms with Gasteiger partial charge in [-0.3, -0.25) is 4.98 Å². The molecule has 2 aromatic carbocycles. The average molecular weight is 382 g/mol. The first-order valence-corrected chi connectivity index (χ1v) is 9.58. The minimum absolute atomic E-state index is 0.00159. The molecule has 1 atom stereocenters. The summed E-state index contributed by atoms with van der Waals surface area (Å²) < 4.78 is 15.5. The van der Waals surface area contributed by atoms with Crippen molar-refractivity contribution in [2.75, 3.05) is 0 Å². The third-order valence-electron chi connectivity index (χ3n) is 5.31. The Bertz CT molecular complexity index is 1180. The van der Waals surface area contributed by atoms with Gasteiger partial charge in [0.25, 0.3) is 0 Å². The highest BCUT2D eigenvalue weighted by atomic mass is 19.1. The van der Waals surface area contributed by atoms with E-state index in [1.807, 2.05) is 41.9 Å². The summed E-state index contributed by atoms with van der Waals surface area (Å²) in [6, 6.07) is 20.8. The number of aryl methyl sites for hydroxylation is 1. The van der Waals surface area contributed by atoms with Gasteiger partial charge in [0.1, 0.15) is 5.82 Å². The third kappa shape index (κ3) is 3.14. The maximum absolute atomic E-state index is 13.5. The smallest absolute Gasteiger partial charge is 0.159 e. The molecule has 5 heteroatoms. The Morgan fingerprint density at radius 2 is 1.62 bits per heavy atom. The highest BCUT2D eigenvalue weighted by Crippen LogP contribution is 2.41. The van der Waals surface area contributed by atoms with Crippen molar-refractivity contribution >= 4 is 11.5 Å². The fraction of sp³-hybridized carbons (Fsp3) is 0.125. The normalized spacial score (nSPS) is 15.7. The Hall–Kier alpha value is -3.60. The second-order valence-corrected chi connectivity index (χ2v) is 7.16. The lowest BCUT2D eigenvalue weighted by Gasteiger charge is -2.25. The number of pyridine rings is 1. The van der Waals surface area contributed by atoms with Crippen LogP contribution in [0, 0.1) is 12.7 Å². The van der Waals surface area contributed by atoms with Crippen LogP contribution in [0.15, 0.2) is 84.1 Å². The van der Waals surface area contributed by atoms with Crippen molar-refractivity contribution in [2.24, 2.45) is 4.99 Å². The summed E-state index contributed by atoms with van der Waals surface area (Å²) in [7, 11) is 0. The predicted octanol–water partition coefficient (Wildman–Crippen LogP) is 5.51. The van der Waals surface area contributed by atoms with Gasteiger partial charge in [-0.2, -0.15) is 5.10 Å². The van der Waals surface area contributed by atoms with E-state index in [9.17, 15) is 4.39 Å². The third-order valence-corrected chi connectivity index (χ3v) is 5.31. The molecule has 1 aliphatic heterocycles. The van der Waals surface area contributed by atoms with Crippen molar-refractivity contribution in [2.45, 2.75) is 19.4 Å². The Balaban J connectivity index is 1.72. The Kier molecular flexibility index (Phi) is 4.28. The zero-order valence-electron chi connectivity index (χ0n) is 16.0.